The van der Waals surface area contributed by atoms with E-state index in [0.717, 1.165) is 5.56 Å². The van der Waals surface area contributed by atoms with Crippen LogP contribution in [0.25, 0.3) is 0 Å². The summed E-state index contributed by atoms with van der Waals surface area (Å²) in [5.74, 6) is -1.62. The van der Waals surface area contributed by atoms with Gasteiger partial charge in [0.05, 0.1) is 12.0 Å². The molecule has 2 rings (SSSR count). The highest BCUT2D eigenvalue weighted by molar-refractivity contribution is 7.07. The molecule has 2 aromatic rings. The van der Waals surface area contributed by atoms with Crippen molar-refractivity contribution in [1.82, 2.24) is 9.55 Å². The molecule has 2 aromatic heterocycles. The fourth-order valence-corrected chi connectivity index (χ4v) is 3.41. The predicted molar refractivity (Wildman–Crippen MR) is 82.2 cm³/mol. The van der Waals surface area contributed by atoms with Gasteiger partial charge < -0.3 is 5.11 Å². The van der Waals surface area contributed by atoms with Crippen molar-refractivity contribution in [3.05, 3.63) is 49.8 Å². The molecule has 0 radical (unpaired) electrons. The highest BCUT2D eigenvalue weighted by atomic mass is 32.1. The maximum Gasteiger partial charge on any atom is 0.348 e. The third-order valence-corrected chi connectivity index (χ3v) is 4.53. The predicted octanol–water partition coefficient (Wildman–Crippen LogP) is 2.72. The number of carboxylic acid groups (broad SMARTS) is 1. The van der Waals surface area contributed by atoms with Crippen molar-refractivity contribution >= 4 is 17.3 Å². The van der Waals surface area contributed by atoms with Gasteiger partial charge in [0, 0.05) is 17.0 Å². The van der Waals surface area contributed by atoms with Crippen LogP contribution in [0.15, 0.2) is 21.6 Å². The van der Waals surface area contributed by atoms with Crippen LogP contribution in [0.3, 0.4) is 0 Å². The van der Waals surface area contributed by atoms with Crippen LogP contribution in [0.5, 0.6) is 0 Å². The maximum absolute atomic E-state index is 12.3. The van der Waals surface area contributed by atoms with E-state index >= 15 is 0 Å². The van der Waals surface area contributed by atoms with Gasteiger partial charge in [0.25, 0.3) is 0 Å². The zero-order valence-electron chi connectivity index (χ0n) is 12.5. The minimum atomic E-state index is -0.920. The first-order chi connectivity index (χ1) is 9.84. The lowest BCUT2D eigenvalue weighted by molar-refractivity contribution is -0.138. The number of nitrogens with zero attached hydrogens (tertiary/aromatic N) is 2. The molecule has 6 heteroatoms. The molecule has 0 amide bonds. The van der Waals surface area contributed by atoms with E-state index in [1.807, 2.05) is 23.8 Å². The van der Waals surface area contributed by atoms with Crippen molar-refractivity contribution in [2.75, 3.05) is 0 Å². The molecule has 0 aliphatic carbocycles. The number of carbonyl (C=O) groups is 1. The third kappa shape index (κ3) is 2.76. The van der Waals surface area contributed by atoms with Crippen LogP contribution in [0.4, 0.5) is 0 Å². The molecule has 0 bridgehead atoms. The second kappa shape index (κ2) is 5.81. The quantitative estimate of drug-likeness (QED) is 0.942. The summed E-state index contributed by atoms with van der Waals surface area (Å²) in [5.41, 5.74) is 2.45. The molecular weight excluding hydrogens is 288 g/mol. The molecule has 0 aliphatic heterocycles. The van der Waals surface area contributed by atoms with Crippen LogP contribution in [-0.4, -0.2) is 20.6 Å². The lowest BCUT2D eigenvalue weighted by Gasteiger charge is -2.22. The van der Waals surface area contributed by atoms with Gasteiger partial charge in [-0.15, -0.1) is 0 Å². The Bertz CT molecular complexity index is 719. The second-order valence-corrected chi connectivity index (χ2v) is 5.92. The number of aryl methyl sites for hydroxylation is 1. The number of aliphatic carboxylic acids is 1. The third-order valence-electron chi connectivity index (χ3n) is 3.83. The Labute approximate surface area is 126 Å². The normalized spacial score (nSPS) is 13.9. The number of thiophene rings is 1. The molecule has 2 atom stereocenters. The molecule has 0 saturated carbocycles. The first-order valence-corrected chi connectivity index (χ1v) is 7.63. The zero-order valence-corrected chi connectivity index (χ0v) is 13.3. The van der Waals surface area contributed by atoms with E-state index in [1.54, 1.807) is 36.7 Å². The number of rotatable bonds is 4. The van der Waals surface area contributed by atoms with Gasteiger partial charge in [0.1, 0.15) is 0 Å². The van der Waals surface area contributed by atoms with Crippen molar-refractivity contribution in [1.29, 1.82) is 0 Å². The number of carboxylic acids is 1. The van der Waals surface area contributed by atoms with Gasteiger partial charge in [-0.1, -0.05) is 0 Å². The molecule has 0 aromatic carbocycles. The Morgan fingerprint density at radius 2 is 2.05 bits per heavy atom. The van der Waals surface area contributed by atoms with Gasteiger partial charge >= 0.3 is 11.7 Å². The number of hydrogen-bond acceptors (Lipinski definition) is 4. The summed E-state index contributed by atoms with van der Waals surface area (Å²) in [6, 6.07) is 1.79. The van der Waals surface area contributed by atoms with Crippen molar-refractivity contribution < 1.29 is 9.90 Å². The summed E-state index contributed by atoms with van der Waals surface area (Å²) < 4.78 is 1.57. The lowest BCUT2D eigenvalue weighted by Crippen LogP contribution is -2.31. The highest BCUT2D eigenvalue weighted by Crippen LogP contribution is 2.26. The average molecular weight is 306 g/mol. The van der Waals surface area contributed by atoms with E-state index in [2.05, 4.69) is 4.98 Å². The van der Waals surface area contributed by atoms with Crippen LogP contribution < -0.4 is 5.69 Å². The van der Waals surface area contributed by atoms with E-state index in [9.17, 15) is 14.7 Å². The first-order valence-electron chi connectivity index (χ1n) is 6.69. The minimum Gasteiger partial charge on any atom is -0.481 e. The van der Waals surface area contributed by atoms with Crippen LogP contribution in [0.2, 0.25) is 0 Å². The van der Waals surface area contributed by atoms with E-state index in [4.69, 9.17) is 0 Å². The molecule has 21 heavy (non-hydrogen) atoms. The van der Waals surface area contributed by atoms with E-state index in [0.29, 0.717) is 17.0 Å². The topological polar surface area (TPSA) is 72.2 Å². The van der Waals surface area contributed by atoms with Gasteiger partial charge in [-0.3, -0.25) is 9.36 Å². The van der Waals surface area contributed by atoms with Crippen LogP contribution in [0.1, 0.15) is 48.3 Å². The Morgan fingerprint density at radius 1 is 1.38 bits per heavy atom. The summed E-state index contributed by atoms with van der Waals surface area (Å²) in [5, 5.41) is 13.2. The van der Waals surface area contributed by atoms with Gasteiger partial charge in [0.2, 0.25) is 0 Å². The lowest BCUT2D eigenvalue weighted by atomic mass is 9.97. The largest absolute Gasteiger partial charge is 0.481 e. The van der Waals surface area contributed by atoms with Crippen molar-refractivity contribution in [2.45, 2.75) is 39.7 Å². The van der Waals surface area contributed by atoms with Crippen molar-refractivity contribution in [3.8, 4) is 0 Å². The smallest absolute Gasteiger partial charge is 0.348 e. The monoisotopic (exact) mass is 306 g/mol. The Morgan fingerprint density at radius 3 is 2.57 bits per heavy atom. The molecule has 0 spiro atoms. The van der Waals surface area contributed by atoms with E-state index in [1.165, 1.54) is 0 Å². The molecule has 0 saturated heterocycles. The van der Waals surface area contributed by atoms with Gasteiger partial charge in [-0.2, -0.15) is 16.3 Å². The average Bonchev–Trinajstić information content (AvgIpc) is 2.91. The minimum absolute atomic E-state index is 0.170. The molecule has 2 heterocycles. The SMILES string of the molecule is Cc1nc(=O)n(C(C)c2ccsc2)c(C)c1C(C)C(=O)O. The van der Waals surface area contributed by atoms with Crippen molar-refractivity contribution in [3.63, 3.8) is 0 Å². The molecule has 5 nitrogen and oxygen atoms in total. The molecule has 2 unspecified atom stereocenters. The van der Waals surface area contributed by atoms with Crippen molar-refractivity contribution in [2.24, 2.45) is 0 Å². The fraction of sp³-hybridized carbons (Fsp3) is 0.400. The molecule has 0 fully saturated rings. The molecule has 1 N–H and O–H groups in total. The maximum atomic E-state index is 12.3. The van der Waals surface area contributed by atoms with Crippen LogP contribution in [-0.2, 0) is 4.79 Å². The summed E-state index contributed by atoms with van der Waals surface area (Å²) in [7, 11) is 0. The molecular formula is C15H18N2O3S. The number of aromatic nitrogens is 2. The molecule has 112 valence electrons. The summed E-state index contributed by atoms with van der Waals surface area (Å²) in [4.78, 5) is 27.6. The Balaban J connectivity index is 2.65. The van der Waals surface area contributed by atoms with Crippen LogP contribution in [0, 0.1) is 13.8 Å². The summed E-state index contributed by atoms with van der Waals surface area (Å²) in [6.07, 6.45) is 0. The summed E-state index contributed by atoms with van der Waals surface area (Å²) in [6.45, 7) is 7.00. The fourth-order valence-electron chi connectivity index (χ4n) is 2.66. The number of hydrogen-bond donors (Lipinski definition) is 1. The van der Waals surface area contributed by atoms with E-state index in [-0.39, 0.29) is 11.7 Å². The molecule has 0 aliphatic rings. The van der Waals surface area contributed by atoms with Gasteiger partial charge in [-0.25, -0.2) is 4.79 Å². The zero-order chi connectivity index (χ0) is 15.7. The van der Waals surface area contributed by atoms with Crippen LogP contribution >= 0.6 is 11.3 Å². The first kappa shape index (κ1) is 15.4. The summed E-state index contributed by atoms with van der Waals surface area (Å²) >= 11 is 1.56. The van der Waals surface area contributed by atoms with Gasteiger partial charge in [-0.05, 0) is 50.1 Å². The standard InChI is InChI=1S/C15H18N2O3S/c1-8(14(18)19)13-9(2)16-15(20)17(11(13)4)10(3)12-5-6-21-7-12/h5-8,10H,1-4H3,(H,18,19). The Kier molecular flexibility index (Phi) is 4.27. The highest BCUT2D eigenvalue weighted by Gasteiger charge is 2.24. The van der Waals surface area contributed by atoms with Gasteiger partial charge in [0.15, 0.2) is 0 Å². The van der Waals surface area contributed by atoms with E-state index < -0.39 is 11.9 Å². The second-order valence-electron chi connectivity index (χ2n) is 5.14. The Hall–Kier alpha value is -1.95.